The van der Waals surface area contributed by atoms with Gasteiger partial charge in [0.05, 0.1) is 44.8 Å². The summed E-state index contributed by atoms with van der Waals surface area (Å²) in [4.78, 5) is 0. The highest BCUT2D eigenvalue weighted by atomic mass is 79.9. The van der Waals surface area contributed by atoms with Crippen molar-refractivity contribution in [1.82, 2.24) is 0 Å². The van der Waals surface area contributed by atoms with Crippen LogP contribution >= 0.6 is 0 Å². The number of halogens is 6. The second-order valence-electron chi connectivity index (χ2n) is 19.1. The highest BCUT2D eigenvalue weighted by Gasteiger charge is 2.61. The Morgan fingerprint density at radius 3 is 1.09 bits per heavy atom. The Labute approximate surface area is 402 Å². The normalized spacial score (nSPS) is 24.8. The summed E-state index contributed by atoms with van der Waals surface area (Å²) in [6.45, 7) is 6.88. The smallest absolute Gasteiger partial charge is 0.416 e. The topological polar surface area (TPSA) is 40.5 Å². The molecule has 6 saturated heterocycles. The largest absolute Gasteiger partial charge is 1.00 e. The standard InChI is InChI=1S/C28H29F3NO.C27H29FNO.2BrH/c29-28(30,31)25-13-7-8-22(20-25)21-32-17-14-26(15-18-32,16-19-32)27(33,23-9-3-1-4-10-23)24-11-5-2-6-12-24;28-25-14-8-7-9-22(25)21-29-18-15-26(16-19-29,17-20-29)27(30,23-10-3-1-4-11-23)24-12-5-2-6-13-24;;/h1-13,20,33H,14-19,21H2;1-14,30H,15-21H2;2*1H/q2*+1;;/p-2. The number of fused-ring (bicyclic) bond motifs is 6. The van der Waals surface area contributed by atoms with Gasteiger partial charge in [0.2, 0.25) is 0 Å². The third-order valence-corrected chi connectivity index (χ3v) is 15.9. The number of nitrogens with zero attached hydrogens (tertiary/aromatic N) is 2. The quantitative estimate of drug-likeness (QED) is 0.143. The molecule has 0 spiro atoms. The Balaban J connectivity index is 0.000000189. The molecular weight excluding hydrogens is 956 g/mol. The average molecular weight is 1010 g/mol. The van der Waals surface area contributed by atoms with Crippen molar-refractivity contribution >= 4 is 0 Å². The minimum absolute atomic E-state index is 0. The minimum atomic E-state index is -4.32. The van der Waals surface area contributed by atoms with Crippen LogP contribution in [-0.2, 0) is 30.5 Å². The molecule has 6 aromatic carbocycles. The highest BCUT2D eigenvalue weighted by molar-refractivity contribution is 5.41. The fourth-order valence-electron chi connectivity index (χ4n) is 12.2. The van der Waals surface area contributed by atoms with Crippen molar-refractivity contribution in [2.24, 2.45) is 10.8 Å². The van der Waals surface area contributed by atoms with Crippen LogP contribution in [0.3, 0.4) is 0 Å². The van der Waals surface area contributed by atoms with Gasteiger partial charge in [0, 0.05) is 60.5 Å². The van der Waals surface area contributed by atoms with E-state index in [0.29, 0.717) is 6.54 Å². The SMILES string of the molecule is OC(c1ccccc1)(c1ccccc1)C12CC[N+](Cc3cccc(C(F)(F)F)c3)(CC1)CC2.OC(c1ccccc1)(c1ccccc1)C12CC[N+](Cc3ccccc3F)(CC1)CC2.[Br-].[Br-]. The van der Waals surface area contributed by atoms with E-state index in [9.17, 15) is 27.8 Å². The van der Waals surface area contributed by atoms with Crippen LogP contribution < -0.4 is 34.0 Å². The summed E-state index contributed by atoms with van der Waals surface area (Å²) in [7, 11) is 0. The molecular formula is C55H58Br2F4N2O2. The van der Waals surface area contributed by atoms with E-state index in [0.717, 1.165) is 133 Å². The van der Waals surface area contributed by atoms with Crippen molar-refractivity contribution in [3.05, 3.63) is 215 Å². The lowest BCUT2D eigenvalue weighted by Crippen LogP contribution is -3.00. The van der Waals surface area contributed by atoms with E-state index in [2.05, 4.69) is 24.3 Å². The molecule has 0 aliphatic carbocycles. The van der Waals surface area contributed by atoms with E-state index in [1.54, 1.807) is 12.1 Å². The molecule has 0 unspecified atom stereocenters. The van der Waals surface area contributed by atoms with Crippen LogP contribution in [0.2, 0.25) is 0 Å². The van der Waals surface area contributed by atoms with Gasteiger partial charge in [0.15, 0.2) is 0 Å². The van der Waals surface area contributed by atoms with Gasteiger partial charge in [-0.3, -0.25) is 0 Å². The number of rotatable bonds is 10. The first-order valence-electron chi connectivity index (χ1n) is 22.6. The number of quaternary nitrogens is 2. The van der Waals surface area contributed by atoms with E-state index in [1.807, 2.05) is 115 Å². The van der Waals surface area contributed by atoms with Crippen LogP contribution in [-0.4, -0.2) is 58.4 Å². The summed E-state index contributed by atoms with van der Waals surface area (Å²) < 4.78 is 55.7. The van der Waals surface area contributed by atoms with Gasteiger partial charge >= 0.3 is 6.18 Å². The van der Waals surface area contributed by atoms with E-state index in [1.165, 1.54) is 12.1 Å². The van der Waals surface area contributed by atoms with Crippen LogP contribution in [0.4, 0.5) is 17.6 Å². The van der Waals surface area contributed by atoms with Crippen LogP contribution in [0.15, 0.2) is 170 Å². The molecule has 65 heavy (non-hydrogen) atoms. The fraction of sp³-hybridized carbons (Fsp3) is 0.345. The summed E-state index contributed by atoms with van der Waals surface area (Å²) in [6, 6.07) is 53.1. The van der Waals surface area contributed by atoms with Crippen molar-refractivity contribution < 1.29 is 70.7 Å². The Bertz CT molecular complexity index is 2360. The van der Waals surface area contributed by atoms with E-state index >= 15 is 0 Å². The molecule has 6 aliphatic heterocycles. The van der Waals surface area contributed by atoms with Gasteiger partial charge in [-0.05, 0) is 40.5 Å². The first-order chi connectivity index (χ1) is 30.3. The zero-order valence-corrected chi connectivity index (χ0v) is 39.8. The second-order valence-corrected chi connectivity index (χ2v) is 19.1. The summed E-state index contributed by atoms with van der Waals surface area (Å²) in [5.41, 5.74) is 2.17. The average Bonchev–Trinajstić information content (AvgIpc) is 3.34. The van der Waals surface area contributed by atoms with E-state index in [-0.39, 0.29) is 50.6 Å². The predicted octanol–water partition coefficient (Wildman–Crippen LogP) is 5.41. The zero-order chi connectivity index (χ0) is 43.8. The minimum Gasteiger partial charge on any atom is -1.00 e. The van der Waals surface area contributed by atoms with Gasteiger partial charge in [-0.25, -0.2) is 4.39 Å². The summed E-state index contributed by atoms with van der Waals surface area (Å²) >= 11 is 0. The van der Waals surface area contributed by atoms with Crippen molar-refractivity contribution in [3.8, 4) is 0 Å². The Morgan fingerprint density at radius 1 is 0.415 bits per heavy atom. The predicted molar refractivity (Wildman–Crippen MR) is 239 cm³/mol. The first kappa shape index (κ1) is 48.8. The fourth-order valence-corrected chi connectivity index (χ4v) is 12.2. The van der Waals surface area contributed by atoms with Gasteiger partial charge in [0.25, 0.3) is 0 Å². The zero-order valence-electron chi connectivity index (χ0n) is 36.6. The lowest BCUT2D eigenvalue weighted by Gasteiger charge is -2.60. The molecule has 12 rings (SSSR count). The maximum atomic E-state index is 14.3. The van der Waals surface area contributed by atoms with Gasteiger partial charge in [0.1, 0.15) is 30.1 Å². The molecule has 6 fully saturated rings. The third-order valence-electron chi connectivity index (χ3n) is 15.9. The van der Waals surface area contributed by atoms with Gasteiger partial charge in [-0.15, -0.1) is 0 Å². The molecule has 10 heteroatoms. The second kappa shape index (κ2) is 19.2. The molecule has 6 heterocycles. The van der Waals surface area contributed by atoms with Crippen LogP contribution in [0.1, 0.15) is 77.5 Å². The Hall–Kier alpha value is -4.16. The first-order valence-corrected chi connectivity index (χ1v) is 22.6. The molecule has 0 atom stereocenters. The van der Waals surface area contributed by atoms with Crippen molar-refractivity contribution in [2.75, 3.05) is 39.3 Å². The molecule has 6 aliphatic rings. The summed E-state index contributed by atoms with van der Waals surface area (Å²) in [6.07, 6.45) is 1.03. The number of benzene rings is 6. The molecule has 0 amide bonds. The van der Waals surface area contributed by atoms with Crippen molar-refractivity contribution in [3.63, 3.8) is 0 Å². The number of aliphatic hydroxyl groups is 2. The number of hydrogen-bond donors (Lipinski definition) is 2. The lowest BCUT2D eigenvalue weighted by molar-refractivity contribution is -0.958. The molecule has 342 valence electrons. The van der Waals surface area contributed by atoms with Crippen molar-refractivity contribution in [2.45, 2.75) is 69.0 Å². The lowest BCUT2D eigenvalue weighted by atomic mass is 9.56. The van der Waals surface area contributed by atoms with Crippen LogP contribution in [0, 0.1) is 16.6 Å². The molecule has 0 aromatic heterocycles. The maximum Gasteiger partial charge on any atom is 0.416 e. The highest BCUT2D eigenvalue weighted by Crippen LogP contribution is 2.59. The summed E-state index contributed by atoms with van der Waals surface area (Å²) in [5, 5.41) is 24.8. The van der Waals surface area contributed by atoms with Gasteiger partial charge < -0.3 is 53.1 Å². The summed E-state index contributed by atoms with van der Waals surface area (Å²) in [5.74, 6) is -0.0995. The molecule has 4 bridgehead atoms. The number of piperidine rings is 6. The van der Waals surface area contributed by atoms with E-state index < -0.39 is 22.9 Å². The van der Waals surface area contributed by atoms with Gasteiger partial charge in [-0.1, -0.05) is 152 Å². The number of alkyl halides is 3. The molecule has 0 radical (unpaired) electrons. The third kappa shape index (κ3) is 9.04. The Kier molecular flexibility index (Phi) is 14.4. The maximum absolute atomic E-state index is 14.3. The molecule has 6 aromatic rings. The monoisotopic (exact) mass is 1010 g/mol. The molecule has 0 saturated carbocycles. The molecule has 2 N–H and O–H groups in total. The van der Waals surface area contributed by atoms with Gasteiger partial charge in [-0.2, -0.15) is 13.2 Å². The Morgan fingerprint density at radius 2 is 0.738 bits per heavy atom. The molecule has 4 nitrogen and oxygen atoms in total. The number of hydrogen-bond acceptors (Lipinski definition) is 2. The van der Waals surface area contributed by atoms with E-state index in [4.69, 9.17) is 0 Å². The van der Waals surface area contributed by atoms with Crippen LogP contribution in [0.25, 0.3) is 0 Å². The van der Waals surface area contributed by atoms with Crippen molar-refractivity contribution in [1.29, 1.82) is 0 Å². The van der Waals surface area contributed by atoms with Crippen LogP contribution in [0.5, 0.6) is 0 Å².